The Morgan fingerprint density at radius 2 is 1.83 bits per heavy atom. The van der Waals surface area contributed by atoms with Gasteiger partial charge in [0.2, 0.25) is 0 Å². The molecule has 0 N–H and O–H groups in total. The topological polar surface area (TPSA) is 0 Å². The molecule has 1 fully saturated rings. The average molecular weight is 166 g/mol. The Kier molecular flexibility index (Phi) is 4.72. The van der Waals surface area contributed by atoms with Gasteiger partial charge in [0.15, 0.2) is 0 Å². The van der Waals surface area contributed by atoms with Crippen LogP contribution in [0.4, 0.5) is 0 Å². The monoisotopic (exact) mass is 166 g/mol. The molecule has 0 aromatic rings. The average Bonchev–Trinajstić information content (AvgIpc) is 2.59. The zero-order chi connectivity index (χ0) is 8.81. The van der Waals surface area contributed by atoms with E-state index in [1.807, 2.05) is 0 Å². The summed E-state index contributed by atoms with van der Waals surface area (Å²) in [6, 6.07) is 0. The van der Waals surface area contributed by atoms with Crippen LogP contribution in [0, 0.1) is 25.7 Å². The van der Waals surface area contributed by atoms with E-state index in [0.717, 1.165) is 24.7 Å². The van der Waals surface area contributed by atoms with Crippen LogP contribution in [0.5, 0.6) is 0 Å². The molecule has 1 aliphatic carbocycles. The highest BCUT2D eigenvalue weighted by atomic mass is 14.3. The van der Waals surface area contributed by atoms with Crippen molar-refractivity contribution in [2.24, 2.45) is 11.8 Å². The molecule has 0 aromatic heterocycles. The third kappa shape index (κ3) is 2.80. The van der Waals surface area contributed by atoms with Crippen molar-refractivity contribution in [3.05, 3.63) is 13.8 Å². The summed E-state index contributed by atoms with van der Waals surface area (Å²) < 4.78 is 0. The van der Waals surface area contributed by atoms with Gasteiger partial charge in [-0.2, -0.15) is 0 Å². The molecule has 0 aromatic carbocycles. The third-order valence-corrected chi connectivity index (χ3v) is 3.26. The minimum absolute atomic E-state index is 0.911. The number of hydrogen-bond donors (Lipinski definition) is 0. The molecule has 0 heterocycles. The Labute approximate surface area is 77.7 Å². The second-order valence-corrected chi connectivity index (χ2v) is 4.09. The Morgan fingerprint density at radius 1 is 1.17 bits per heavy atom. The predicted octanol–water partition coefficient (Wildman–Crippen LogP) is 4.02. The summed E-state index contributed by atoms with van der Waals surface area (Å²) in [6.07, 6.45) is 10.8. The lowest BCUT2D eigenvalue weighted by atomic mass is 9.85. The van der Waals surface area contributed by atoms with Crippen LogP contribution in [0.15, 0.2) is 0 Å². The highest BCUT2D eigenvalue weighted by Gasteiger charge is 2.22. The van der Waals surface area contributed by atoms with Crippen molar-refractivity contribution in [1.29, 1.82) is 0 Å². The quantitative estimate of drug-likeness (QED) is 0.578. The van der Waals surface area contributed by atoms with Crippen LogP contribution >= 0.6 is 0 Å². The Morgan fingerprint density at radius 3 is 2.33 bits per heavy atom. The molecule has 70 valence electrons. The van der Waals surface area contributed by atoms with Gasteiger partial charge in [0, 0.05) is 0 Å². The largest absolute Gasteiger partial charge is 0.0533 e. The van der Waals surface area contributed by atoms with Crippen molar-refractivity contribution >= 4 is 0 Å². The molecule has 0 saturated heterocycles. The van der Waals surface area contributed by atoms with Crippen LogP contribution in [0.3, 0.4) is 0 Å². The lowest BCUT2D eigenvalue weighted by Crippen LogP contribution is -2.10. The second-order valence-electron chi connectivity index (χ2n) is 4.09. The van der Waals surface area contributed by atoms with Gasteiger partial charge < -0.3 is 0 Å². The predicted molar refractivity (Wildman–Crippen MR) is 54.6 cm³/mol. The fourth-order valence-electron chi connectivity index (χ4n) is 2.45. The standard InChI is InChI=1S/C12H22/c1-3-5-8-11(4-2)12-9-6-7-10-12/h11-12H,1-10H2. The smallest absolute Gasteiger partial charge is 0.0386 e. The van der Waals surface area contributed by atoms with E-state index in [2.05, 4.69) is 13.8 Å². The molecule has 1 aliphatic rings. The van der Waals surface area contributed by atoms with Gasteiger partial charge in [-0.1, -0.05) is 65.2 Å². The first-order valence-electron chi connectivity index (χ1n) is 5.47. The Bertz CT molecular complexity index is 101. The van der Waals surface area contributed by atoms with Gasteiger partial charge in [0.05, 0.1) is 0 Å². The highest BCUT2D eigenvalue weighted by Crippen LogP contribution is 2.35. The molecule has 1 saturated carbocycles. The van der Waals surface area contributed by atoms with Crippen molar-refractivity contribution in [3.8, 4) is 0 Å². The van der Waals surface area contributed by atoms with Crippen molar-refractivity contribution in [1.82, 2.24) is 0 Å². The normalized spacial score (nSPS) is 21.5. The molecule has 1 atom stereocenters. The maximum Gasteiger partial charge on any atom is -0.0386 e. The first-order valence-corrected chi connectivity index (χ1v) is 5.47. The lowest BCUT2D eigenvalue weighted by Gasteiger charge is -2.21. The lowest BCUT2D eigenvalue weighted by molar-refractivity contribution is 0.314. The number of rotatable bonds is 5. The van der Waals surface area contributed by atoms with Crippen molar-refractivity contribution in [2.75, 3.05) is 0 Å². The summed E-state index contributed by atoms with van der Waals surface area (Å²) in [5, 5.41) is 0. The van der Waals surface area contributed by atoms with Gasteiger partial charge in [-0.25, -0.2) is 0 Å². The van der Waals surface area contributed by atoms with E-state index in [-0.39, 0.29) is 0 Å². The summed E-state index contributed by atoms with van der Waals surface area (Å²) in [7, 11) is 0. The van der Waals surface area contributed by atoms with Gasteiger partial charge in [-0.15, -0.1) is 0 Å². The fourth-order valence-corrected chi connectivity index (χ4v) is 2.45. The van der Waals surface area contributed by atoms with Crippen LogP contribution in [-0.4, -0.2) is 0 Å². The van der Waals surface area contributed by atoms with Crippen molar-refractivity contribution in [3.63, 3.8) is 0 Å². The van der Waals surface area contributed by atoms with Crippen LogP contribution in [-0.2, 0) is 0 Å². The molecule has 2 radical (unpaired) electrons. The van der Waals surface area contributed by atoms with E-state index >= 15 is 0 Å². The third-order valence-electron chi connectivity index (χ3n) is 3.26. The highest BCUT2D eigenvalue weighted by molar-refractivity contribution is 4.76. The van der Waals surface area contributed by atoms with E-state index in [1.54, 1.807) is 0 Å². The molecule has 0 heteroatoms. The van der Waals surface area contributed by atoms with E-state index in [0.29, 0.717) is 0 Å². The molecule has 1 unspecified atom stereocenters. The Balaban J connectivity index is 2.22. The molecule has 0 amide bonds. The van der Waals surface area contributed by atoms with Crippen molar-refractivity contribution in [2.45, 2.75) is 51.4 Å². The summed E-state index contributed by atoms with van der Waals surface area (Å²) >= 11 is 0. The van der Waals surface area contributed by atoms with Crippen LogP contribution in [0.1, 0.15) is 51.4 Å². The molecule has 12 heavy (non-hydrogen) atoms. The first-order chi connectivity index (χ1) is 5.88. The minimum Gasteiger partial charge on any atom is -0.0533 e. The molecule has 0 nitrogen and oxygen atoms in total. The van der Waals surface area contributed by atoms with E-state index in [9.17, 15) is 0 Å². The zero-order valence-electron chi connectivity index (χ0n) is 8.23. The van der Waals surface area contributed by atoms with Gasteiger partial charge in [-0.05, 0) is 11.8 Å². The second kappa shape index (κ2) is 5.61. The molecular formula is C12H22. The summed E-state index contributed by atoms with van der Waals surface area (Å²) in [6.45, 7) is 7.96. The number of unbranched alkanes of at least 4 members (excludes halogenated alkanes) is 1. The first kappa shape index (κ1) is 10.1. The molecule has 0 spiro atoms. The van der Waals surface area contributed by atoms with Crippen LogP contribution < -0.4 is 0 Å². The fraction of sp³-hybridized carbons (Fsp3) is 0.833. The Hall–Kier alpha value is 0. The van der Waals surface area contributed by atoms with Crippen LogP contribution in [0.2, 0.25) is 0 Å². The van der Waals surface area contributed by atoms with Crippen LogP contribution in [0.25, 0.3) is 0 Å². The van der Waals surface area contributed by atoms with Gasteiger partial charge in [0.25, 0.3) is 0 Å². The summed E-state index contributed by atoms with van der Waals surface area (Å²) in [5.41, 5.74) is 0. The SMILES string of the molecule is [CH2]CCCC(C[CH2])C1CCCC1. The zero-order valence-corrected chi connectivity index (χ0v) is 8.23. The maximum atomic E-state index is 4.06. The van der Waals surface area contributed by atoms with Gasteiger partial charge >= 0.3 is 0 Å². The number of hydrogen-bond acceptors (Lipinski definition) is 0. The molecular weight excluding hydrogens is 144 g/mol. The van der Waals surface area contributed by atoms with Crippen molar-refractivity contribution < 1.29 is 0 Å². The molecule has 0 aliphatic heterocycles. The van der Waals surface area contributed by atoms with E-state index < -0.39 is 0 Å². The molecule has 1 rings (SSSR count). The van der Waals surface area contributed by atoms with E-state index in [1.165, 1.54) is 38.5 Å². The minimum atomic E-state index is 0.911. The maximum absolute atomic E-state index is 4.06. The summed E-state index contributed by atoms with van der Waals surface area (Å²) in [4.78, 5) is 0. The van der Waals surface area contributed by atoms with Gasteiger partial charge in [-0.3, -0.25) is 0 Å². The van der Waals surface area contributed by atoms with E-state index in [4.69, 9.17) is 0 Å². The molecule has 0 bridgehead atoms. The summed E-state index contributed by atoms with van der Waals surface area (Å²) in [5.74, 6) is 1.92. The van der Waals surface area contributed by atoms with Gasteiger partial charge in [0.1, 0.15) is 0 Å².